The van der Waals surface area contributed by atoms with Crippen LogP contribution in [0.1, 0.15) is 43.1 Å². The van der Waals surface area contributed by atoms with Crippen molar-refractivity contribution in [3.8, 4) is 0 Å². The number of nitrogens with one attached hydrogen (secondary N) is 1. The van der Waals surface area contributed by atoms with Gasteiger partial charge in [-0.25, -0.2) is 4.98 Å². The molecule has 0 aromatic carbocycles. The third-order valence-electron chi connectivity index (χ3n) is 4.80. The number of amides is 1. The number of halogens is 1. The van der Waals surface area contributed by atoms with Crippen LogP contribution in [0.3, 0.4) is 0 Å². The maximum absolute atomic E-state index is 12.1. The normalized spacial score (nSPS) is 28.8. The van der Waals surface area contributed by atoms with E-state index in [2.05, 4.69) is 17.2 Å². The molecule has 4 atom stereocenters. The molecule has 0 saturated heterocycles. The first-order valence-electron chi connectivity index (χ1n) is 7.17. The Morgan fingerprint density at radius 1 is 1.40 bits per heavy atom. The summed E-state index contributed by atoms with van der Waals surface area (Å²) in [5.41, 5.74) is 6.02. The molecule has 2 bridgehead atoms. The summed E-state index contributed by atoms with van der Waals surface area (Å²) in [7, 11) is 0. The topological polar surface area (TPSA) is 68.0 Å². The summed E-state index contributed by atoms with van der Waals surface area (Å²) in [6, 6.07) is 5.39. The summed E-state index contributed by atoms with van der Waals surface area (Å²) in [5, 5.41) is 3.09. The molecule has 0 radical (unpaired) electrons. The zero-order chi connectivity index (χ0) is 13.4. The lowest BCUT2D eigenvalue weighted by Crippen LogP contribution is -2.40. The van der Waals surface area contributed by atoms with Crippen molar-refractivity contribution < 1.29 is 4.79 Å². The lowest BCUT2D eigenvalue weighted by atomic mass is 9.84. The molecule has 4 unspecified atom stereocenters. The number of pyridine rings is 1. The number of hydrogen-bond acceptors (Lipinski definition) is 3. The molecule has 2 aliphatic carbocycles. The van der Waals surface area contributed by atoms with Gasteiger partial charge in [0.1, 0.15) is 11.5 Å². The van der Waals surface area contributed by atoms with Crippen molar-refractivity contribution in [2.45, 2.75) is 38.6 Å². The van der Waals surface area contributed by atoms with Crippen LogP contribution in [-0.2, 0) is 0 Å². The summed E-state index contributed by atoms with van der Waals surface area (Å²) in [5.74, 6) is 2.64. The number of carbonyl (C=O) groups excluding carboxylic acids is 1. The Labute approximate surface area is 125 Å². The Morgan fingerprint density at radius 2 is 2.20 bits per heavy atom. The number of carbonyl (C=O) groups is 1. The Bertz CT molecular complexity index is 494. The molecule has 5 heteroatoms. The minimum absolute atomic E-state index is 0. The average molecular weight is 296 g/mol. The molecule has 3 rings (SSSR count). The minimum Gasteiger partial charge on any atom is -0.384 e. The number of aromatic nitrogens is 1. The van der Waals surface area contributed by atoms with Crippen LogP contribution in [0.15, 0.2) is 18.2 Å². The van der Waals surface area contributed by atoms with Crippen molar-refractivity contribution in [2.75, 3.05) is 5.73 Å². The van der Waals surface area contributed by atoms with Gasteiger partial charge in [0.05, 0.1) is 0 Å². The summed E-state index contributed by atoms with van der Waals surface area (Å²) < 4.78 is 0. The molecular formula is C15H22ClN3O. The van der Waals surface area contributed by atoms with Crippen LogP contribution >= 0.6 is 12.4 Å². The Morgan fingerprint density at radius 3 is 2.80 bits per heavy atom. The molecule has 2 saturated carbocycles. The predicted octanol–water partition coefficient (Wildman–Crippen LogP) is 2.64. The van der Waals surface area contributed by atoms with Crippen molar-refractivity contribution in [3.63, 3.8) is 0 Å². The van der Waals surface area contributed by atoms with Gasteiger partial charge in [0.2, 0.25) is 0 Å². The average Bonchev–Trinajstić information content (AvgIpc) is 3.00. The predicted molar refractivity (Wildman–Crippen MR) is 81.8 cm³/mol. The zero-order valence-corrected chi connectivity index (χ0v) is 12.5. The van der Waals surface area contributed by atoms with Crippen molar-refractivity contribution in [1.82, 2.24) is 10.3 Å². The van der Waals surface area contributed by atoms with Gasteiger partial charge in [-0.1, -0.05) is 12.5 Å². The van der Waals surface area contributed by atoms with E-state index < -0.39 is 0 Å². The first kappa shape index (κ1) is 15.1. The highest BCUT2D eigenvalue weighted by atomic mass is 35.5. The van der Waals surface area contributed by atoms with E-state index in [-0.39, 0.29) is 24.4 Å². The number of nitrogens with two attached hydrogens (primary N) is 1. The summed E-state index contributed by atoms with van der Waals surface area (Å²) in [4.78, 5) is 16.2. The fourth-order valence-corrected chi connectivity index (χ4v) is 3.87. The number of nitrogen functional groups attached to an aromatic ring is 1. The molecule has 1 heterocycles. The van der Waals surface area contributed by atoms with Gasteiger partial charge in [0.15, 0.2) is 0 Å². The van der Waals surface area contributed by atoms with Gasteiger partial charge < -0.3 is 11.1 Å². The maximum atomic E-state index is 12.1. The van der Waals surface area contributed by atoms with Crippen LogP contribution in [0.5, 0.6) is 0 Å². The number of rotatable bonds is 3. The van der Waals surface area contributed by atoms with E-state index in [1.807, 2.05) is 0 Å². The Balaban J connectivity index is 0.00000147. The second kappa shape index (κ2) is 6.00. The number of fused-ring (bicyclic) bond motifs is 2. The summed E-state index contributed by atoms with van der Waals surface area (Å²) >= 11 is 0. The van der Waals surface area contributed by atoms with E-state index in [0.29, 0.717) is 17.4 Å². The number of nitrogens with zero attached hydrogens (tertiary/aromatic N) is 1. The maximum Gasteiger partial charge on any atom is 0.270 e. The van der Waals surface area contributed by atoms with E-state index in [9.17, 15) is 4.79 Å². The van der Waals surface area contributed by atoms with E-state index in [0.717, 1.165) is 11.8 Å². The molecule has 3 N–H and O–H groups in total. The standard InChI is InChI=1S/C15H21N3O.ClH/c1-9(12-8-10-5-6-11(12)7-10)17-15(19)13-3-2-4-14(16)18-13;/h2-4,9-12H,5-8H2,1H3,(H2,16,18)(H,17,19);1H. The van der Waals surface area contributed by atoms with Crippen molar-refractivity contribution >= 4 is 24.1 Å². The van der Waals surface area contributed by atoms with Crippen LogP contribution in [0, 0.1) is 17.8 Å². The number of hydrogen-bond donors (Lipinski definition) is 2. The quantitative estimate of drug-likeness (QED) is 0.901. The lowest BCUT2D eigenvalue weighted by molar-refractivity contribution is 0.0910. The highest BCUT2D eigenvalue weighted by molar-refractivity contribution is 5.92. The third-order valence-corrected chi connectivity index (χ3v) is 4.80. The lowest BCUT2D eigenvalue weighted by Gasteiger charge is -2.28. The van der Waals surface area contributed by atoms with Gasteiger partial charge in [-0.15, -0.1) is 12.4 Å². The van der Waals surface area contributed by atoms with Gasteiger partial charge in [0.25, 0.3) is 5.91 Å². The van der Waals surface area contributed by atoms with Crippen molar-refractivity contribution in [3.05, 3.63) is 23.9 Å². The second-order valence-corrected chi connectivity index (χ2v) is 6.05. The van der Waals surface area contributed by atoms with Crippen LogP contribution in [0.25, 0.3) is 0 Å². The molecule has 0 aliphatic heterocycles. The van der Waals surface area contributed by atoms with Gasteiger partial charge in [0, 0.05) is 6.04 Å². The van der Waals surface area contributed by atoms with Gasteiger partial charge >= 0.3 is 0 Å². The molecule has 1 aromatic rings. The largest absolute Gasteiger partial charge is 0.384 e. The van der Waals surface area contributed by atoms with E-state index in [1.165, 1.54) is 25.7 Å². The SMILES string of the molecule is CC(NC(=O)c1cccc(N)n1)C1CC2CCC1C2.Cl. The van der Waals surface area contributed by atoms with Gasteiger partial charge in [-0.05, 0) is 56.1 Å². The van der Waals surface area contributed by atoms with E-state index >= 15 is 0 Å². The first-order valence-corrected chi connectivity index (χ1v) is 7.17. The van der Waals surface area contributed by atoms with Crippen LogP contribution < -0.4 is 11.1 Å². The van der Waals surface area contributed by atoms with Crippen LogP contribution in [0.2, 0.25) is 0 Å². The van der Waals surface area contributed by atoms with E-state index in [1.54, 1.807) is 18.2 Å². The first-order chi connectivity index (χ1) is 9.13. The van der Waals surface area contributed by atoms with Crippen molar-refractivity contribution in [1.29, 1.82) is 0 Å². The third kappa shape index (κ3) is 2.90. The van der Waals surface area contributed by atoms with Gasteiger partial charge in [-0.3, -0.25) is 4.79 Å². The second-order valence-electron chi connectivity index (χ2n) is 6.05. The highest BCUT2D eigenvalue weighted by Gasteiger charge is 2.42. The fraction of sp³-hybridized carbons (Fsp3) is 0.600. The molecule has 1 amide bonds. The zero-order valence-electron chi connectivity index (χ0n) is 11.7. The molecule has 1 aromatic heterocycles. The molecule has 20 heavy (non-hydrogen) atoms. The Kier molecular flexibility index (Phi) is 4.53. The van der Waals surface area contributed by atoms with Crippen molar-refractivity contribution in [2.24, 2.45) is 17.8 Å². The van der Waals surface area contributed by atoms with E-state index in [4.69, 9.17) is 5.73 Å². The smallest absolute Gasteiger partial charge is 0.270 e. The molecule has 4 nitrogen and oxygen atoms in total. The Hall–Kier alpha value is -1.29. The van der Waals surface area contributed by atoms with Crippen LogP contribution in [-0.4, -0.2) is 16.9 Å². The molecule has 110 valence electrons. The van der Waals surface area contributed by atoms with Gasteiger partial charge in [-0.2, -0.15) is 0 Å². The fourth-order valence-electron chi connectivity index (χ4n) is 3.87. The minimum atomic E-state index is -0.109. The highest BCUT2D eigenvalue weighted by Crippen LogP contribution is 2.49. The monoisotopic (exact) mass is 295 g/mol. The molecular weight excluding hydrogens is 274 g/mol. The summed E-state index contributed by atoms with van der Waals surface area (Å²) in [6.07, 6.45) is 5.36. The summed E-state index contributed by atoms with van der Waals surface area (Å²) in [6.45, 7) is 2.12. The molecule has 2 aliphatic rings. The number of anilines is 1. The molecule has 2 fully saturated rings. The molecule has 0 spiro atoms. The van der Waals surface area contributed by atoms with Crippen LogP contribution in [0.4, 0.5) is 5.82 Å².